The zero-order chi connectivity index (χ0) is 32.7. The first kappa shape index (κ1) is 33.4. The van der Waals surface area contributed by atoms with Crippen molar-refractivity contribution in [3.05, 3.63) is 82.5 Å². The Morgan fingerprint density at radius 2 is 1.80 bits per heavy atom. The fourth-order valence-corrected chi connectivity index (χ4v) is 5.85. The summed E-state index contributed by atoms with van der Waals surface area (Å²) in [6.07, 6.45) is 2.47. The molecule has 45 heavy (non-hydrogen) atoms. The van der Waals surface area contributed by atoms with Crippen molar-refractivity contribution in [2.75, 3.05) is 31.2 Å². The number of likely N-dealkylation sites (tertiary alicyclic amines) is 1. The molecular formula is C32H35F2N5O5S. The molecule has 0 saturated carbocycles. The van der Waals surface area contributed by atoms with Crippen molar-refractivity contribution in [1.82, 2.24) is 14.8 Å². The Bertz CT molecular complexity index is 1730. The van der Waals surface area contributed by atoms with Gasteiger partial charge in [0.05, 0.1) is 23.5 Å². The molecule has 10 nitrogen and oxygen atoms in total. The van der Waals surface area contributed by atoms with Gasteiger partial charge in [-0.2, -0.15) is 0 Å². The highest BCUT2D eigenvalue weighted by Gasteiger charge is 2.29. The van der Waals surface area contributed by atoms with E-state index in [2.05, 4.69) is 27.0 Å². The fraction of sp³-hybridized carbons (Fsp3) is 0.344. The molecule has 1 fully saturated rings. The van der Waals surface area contributed by atoms with E-state index in [4.69, 9.17) is 10.5 Å². The lowest BCUT2D eigenvalue weighted by atomic mass is 10.0. The number of benzene rings is 2. The van der Waals surface area contributed by atoms with Crippen LogP contribution in [0.1, 0.15) is 46.9 Å². The largest absolute Gasteiger partial charge is 0.439 e. The highest BCUT2D eigenvalue weighted by Crippen LogP contribution is 2.25. The van der Waals surface area contributed by atoms with E-state index in [0.717, 1.165) is 17.3 Å². The number of nitrogens with zero attached hydrogens (tertiary/aromatic N) is 3. The van der Waals surface area contributed by atoms with Gasteiger partial charge in [0.15, 0.2) is 9.84 Å². The number of hydrogen-bond donors (Lipinski definition) is 2. The third-order valence-electron chi connectivity index (χ3n) is 7.39. The van der Waals surface area contributed by atoms with Crippen molar-refractivity contribution in [2.45, 2.75) is 45.0 Å². The van der Waals surface area contributed by atoms with Gasteiger partial charge >= 0.3 is 6.03 Å². The molecule has 238 valence electrons. The Labute approximate surface area is 261 Å². The second-order valence-corrected chi connectivity index (χ2v) is 13.0. The maximum Gasteiger partial charge on any atom is 0.322 e. The lowest BCUT2D eigenvalue weighted by molar-refractivity contribution is 0.0996. The summed E-state index contributed by atoms with van der Waals surface area (Å²) in [4.78, 5) is 33.1. The monoisotopic (exact) mass is 639 g/mol. The number of pyridine rings is 1. The minimum Gasteiger partial charge on any atom is -0.439 e. The van der Waals surface area contributed by atoms with Gasteiger partial charge in [-0.1, -0.05) is 24.1 Å². The van der Waals surface area contributed by atoms with Gasteiger partial charge < -0.3 is 20.7 Å². The lowest BCUT2D eigenvalue weighted by Gasteiger charge is -2.38. The summed E-state index contributed by atoms with van der Waals surface area (Å²) >= 11 is 0. The predicted molar refractivity (Wildman–Crippen MR) is 166 cm³/mol. The van der Waals surface area contributed by atoms with Crippen LogP contribution in [0.15, 0.2) is 48.5 Å². The Balaban J connectivity index is 1.35. The Morgan fingerprint density at radius 3 is 2.40 bits per heavy atom. The van der Waals surface area contributed by atoms with E-state index in [1.54, 1.807) is 37.3 Å². The molecular weight excluding hydrogens is 604 g/mol. The van der Waals surface area contributed by atoms with Crippen LogP contribution in [0.4, 0.5) is 19.3 Å². The summed E-state index contributed by atoms with van der Waals surface area (Å²) in [6.45, 7) is 5.68. The SMILES string of the molecule is CC#CCN(C(=O)Nc1cc(C(N)=O)c(F)cc1F)C1CCN(Cc2ccc(Oc3ccc(CS(C)(=O)=O)cc3)nc2C)CC1. The number of anilines is 1. The van der Waals surface area contributed by atoms with Gasteiger partial charge in [-0.15, -0.1) is 5.92 Å². The van der Waals surface area contributed by atoms with E-state index in [9.17, 15) is 26.8 Å². The summed E-state index contributed by atoms with van der Waals surface area (Å²) in [7, 11) is -3.12. The standard InChI is InChI=1S/C32H35F2N5O5S/c1-4-5-14-39(32(41)37-29-17-26(31(35)40)27(33)18-28(29)34)24-12-15-38(16-13-24)19-23-8-11-30(36-21(23)2)44-25-9-6-22(7-10-25)20-45(3,42)43/h6-11,17-18,24H,12-16,19-20H2,1-3H3,(H2,35,40)(H,37,41). The molecule has 1 aromatic heterocycles. The number of primary amides is 1. The molecule has 0 radical (unpaired) electrons. The van der Waals surface area contributed by atoms with Gasteiger partial charge in [0.1, 0.15) is 17.4 Å². The van der Waals surface area contributed by atoms with Crippen molar-refractivity contribution >= 4 is 27.5 Å². The number of aryl methyl sites for hydroxylation is 1. The van der Waals surface area contributed by atoms with Crippen LogP contribution in [0, 0.1) is 30.4 Å². The van der Waals surface area contributed by atoms with Gasteiger partial charge in [-0.05, 0) is 56.0 Å². The molecule has 1 saturated heterocycles. The van der Waals surface area contributed by atoms with Crippen molar-refractivity contribution in [3.8, 4) is 23.5 Å². The number of ether oxygens (including phenoxy) is 1. The Kier molecular flexibility index (Phi) is 10.7. The van der Waals surface area contributed by atoms with E-state index in [1.807, 2.05) is 13.0 Å². The third-order valence-corrected chi connectivity index (χ3v) is 8.24. The molecule has 0 unspecified atom stereocenters. The molecule has 4 rings (SSSR count). The highest BCUT2D eigenvalue weighted by molar-refractivity contribution is 7.89. The van der Waals surface area contributed by atoms with E-state index >= 15 is 0 Å². The average Bonchev–Trinajstić information content (AvgIpc) is 2.97. The first-order chi connectivity index (χ1) is 21.3. The minimum atomic E-state index is -3.12. The van der Waals surface area contributed by atoms with Crippen molar-refractivity contribution in [3.63, 3.8) is 0 Å². The molecule has 0 aliphatic carbocycles. The number of rotatable bonds is 10. The van der Waals surface area contributed by atoms with Crippen LogP contribution in [-0.4, -0.2) is 67.1 Å². The van der Waals surface area contributed by atoms with Gasteiger partial charge in [-0.25, -0.2) is 27.0 Å². The quantitative estimate of drug-likeness (QED) is 0.309. The van der Waals surface area contributed by atoms with Crippen LogP contribution < -0.4 is 15.8 Å². The Morgan fingerprint density at radius 1 is 1.11 bits per heavy atom. The number of nitrogens with two attached hydrogens (primary N) is 1. The number of sulfone groups is 1. The van der Waals surface area contributed by atoms with E-state index in [1.165, 1.54) is 11.2 Å². The van der Waals surface area contributed by atoms with Gasteiger partial charge in [0.25, 0.3) is 5.91 Å². The van der Waals surface area contributed by atoms with Crippen LogP contribution >= 0.6 is 0 Å². The van der Waals surface area contributed by atoms with Gasteiger partial charge in [0.2, 0.25) is 5.88 Å². The molecule has 3 N–H and O–H groups in total. The number of nitrogens with one attached hydrogen (secondary N) is 1. The molecule has 3 aromatic rings. The normalized spacial score (nSPS) is 13.9. The maximum absolute atomic E-state index is 14.4. The molecule has 2 aromatic carbocycles. The second-order valence-electron chi connectivity index (χ2n) is 10.9. The number of aromatic nitrogens is 1. The number of amides is 3. The van der Waals surface area contributed by atoms with Crippen LogP contribution in [0.25, 0.3) is 0 Å². The van der Waals surface area contributed by atoms with Crippen LogP contribution in [-0.2, 0) is 22.1 Å². The lowest BCUT2D eigenvalue weighted by Crippen LogP contribution is -2.49. The minimum absolute atomic E-state index is 0.0379. The molecule has 2 heterocycles. The summed E-state index contributed by atoms with van der Waals surface area (Å²) in [5.41, 5.74) is 6.80. The summed E-state index contributed by atoms with van der Waals surface area (Å²) in [5, 5.41) is 2.44. The maximum atomic E-state index is 14.4. The number of hydrogen-bond acceptors (Lipinski definition) is 7. The molecule has 13 heteroatoms. The number of halogens is 2. The van der Waals surface area contributed by atoms with Crippen LogP contribution in [0.5, 0.6) is 11.6 Å². The second kappa shape index (κ2) is 14.5. The molecule has 3 amide bonds. The van der Waals surface area contributed by atoms with Crippen LogP contribution in [0.3, 0.4) is 0 Å². The molecule has 1 aliphatic rings. The van der Waals surface area contributed by atoms with Crippen molar-refractivity contribution in [2.24, 2.45) is 5.73 Å². The summed E-state index contributed by atoms with van der Waals surface area (Å²) < 4.78 is 57.2. The van der Waals surface area contributed by atoms with Crippen molar-refractivity contribution < 1.29 is 31.5 Å². The molecule has 1 aliphatic heterocycles. The number of urea groups is 1. The van der Waals surface area contributed by atoms with E-state index in [0.29, 0.717) is 55.7 Å². The molecule has 0 spiro atoms. The first-order valence-electron chi connectivity index (χ1n) is 14.2. The number of carbonyl (C=O) groups excluding carboxylic acids is 2. The topological polar surface area (TPSA) is 135 Å². The van der Waals surface area contributed by atoms with Crippen LogP contribution in [0.2, 0.25) is 0 Å². The smallest absolute Gasteiger partial charge is 0.322 e. The van der Waals surface area contributed by atoms with Crippen molar-refractivity contribution in [1.29, 1.82) is 0 Å². The zero-order valence-electron chi connectivity index (χ0n) is 25.3. The predicted octanol–water partition coefficient (Wildman–Crippen LogP) is 4.63. The number of carbonyl (C=O) groups is 2. The fourth-order valence-electron chi connectivity index (χ4n) is 5.05. The number of piperidine rings is 1. The highest BCUT2D eigenvalue weighted by atomic mass is 32.2. The summed E-state index contributed by atoms with van der Waals surface area (Å²) in [6, 6.07) is 11.2. The van der Waals surface area contributed by atoms with Gasteiger partial charge in [0, 0.05) is 49.8 Å². The third kappa shape index (κ3) is 9.23. The van der Waals surface area contributed by atoms with E-state index in [-0.39, 0.29) is 24.0 Å². The average molecular weight is 640 g/mol. The Hall–Kier alpha value is -4.54. The van der Waals surface area contributed by atoms with E-state index < -0.39 is 39.0 Å². The first-order valence-corrected chi connectivity index (χ1v) is 16.3. The summed E-state index contributed by atoms with van der Waals surface area (Å²) in [5.74, 6) is 3.39. The molecule has 0 bridgehead atoms. The molecule has 0 atom stereocenters. The van der Waals surface area contributed by atoms with Gasteiger partial charge in [-0.3, -0.25) is 9.69 Å². The zero-order valence-corrected chi connectivity index (χ0v) is 26.1.